The Balaban J connectivity index is 3.31. The average molecular weight is 427 g/mol. The number of unbranched alkanes of at least 4 members (excludes halogenated alkanes) is 5. The van der Waals surface area contributed by atoms with Gasteiger partial charge in [0.2, 0.25) is 0 Å². The Morgan fingerprint density at radius 3 is 2.04 bits per heavy atom. The summed E-state index contributed by atoms with van der Waals surface area (Å²) in [6.45, 7) is 2.16. The van der Waals surface area contributed by atoms with Crippen LogP contribution in [0.2, 0.25) is 9.88 Å². The third-order valence-corrected chi connectivity index (χ3v) is 5.49. The van der Waals surface area contributed by atoms with Crippen molar-refractivity contribution in [2.75, 3.05) is 0 Å². The summed E-state index contributed by atoms with van der Waals surface area (Å²) in [5, 5.41) is 0. The molecular formula is C20H36O2Sn. The van der Waals surface area contributed by atoms with E-state index in [-0.39, 0.29) is 5.97 Å². The Labute approximate surface area is 151 Å². The SMILES string of the molecule is CC/C=C\C/C=C\C/C=C\CCCCCCCC(=O)[O][SnH]([CH3])[CH3]. The van der Waals surface area contributed by atoms with Crippen LogP contribution in [0.25, 0.3) is 0 Å². The van der Waals surface area contributed by atoms with Crippen molar-refractivity contribution < 1.29 is 7.87 Å². The van der Waals surface area contributed by atoms with Crippen LogP contribution in [0.15, 0.2) is 36.5 Å². The number of hydrogen-bond acceptors (Lipinski definition) is 2. The Morgan fingerprint density at radius 1 is 0.826 bits per heavy atom. The molecule has 132 valence electrons. The zero-order valence-electron chi connectivity index (χ0n) is 15.4. The molecule has 0 aromatic carbocycles. The van der Waals surface area contributed by atoms with Gasteiger partial charge < -0.3 is 0 Å². The molecule has 0 saturated carbocycles. The zero-order chi connectivity index (χ0) is 17.2. The maximum absolute atomic E-state index is 11.4. The van der Waals surface area contributed by atoms with Crippen LogP contribution in [0.1, 0.15) is 71.1 Å². The van der Waals surface area contributed by atoms with Gasteiger partial charge in [-0.15, -0.1) is 0 Å². The zero-order valence-corrected chi connectivity index (χ0v) is 18.7. The third-order valence-electron chi connectivity index (χ3n) is 3.40. The molecule has 0 aliphatic rings. The first-order chi connectivity index (χ1) is 11.2. The number of rotatable bonds is 14. The summed E-state index contributed by atoms with van der Waals surface area (Å²) in [5.41, 5.74) is 0. The topological polar surface area (TPSA) is 26.3 Å². The summed E-state index contributed by atoms with van der Waals surface area (Å²) in [7, 11) is 0. The first kappa shape index (κ1) is 22.5. The van der Waals surface area contributed by atoms with Crippen LogP contribution in [-0.4, -0.2) is 26.1 Å². The monoisotopic (exact) mass is 428 g/mol. The van der Waals surface area contributed by atoms with Crippen LogP contribution >= 0.6 is 0 Å². The summed E-state index contributed by atoms with van der Waals surface area (Å²) in [5.74, 6) is 0.0389. The van der Waals surface area contributed by atoms with Gasteiger partial charge in [-0.25, -0.2) is 0 Å². The summed E-state index contributed by atoms with van der Waals surface area (Å²) < 4.78 is 5.32. The molecular weight excluding hydrogens is 391 g/mol. The summed E-state index contributed by atoms with van der Waals surface area (Å²) in [4.78, 5) is 15.6. The van der Waals surface area contributed by atoms with E-state index in [1.807, 2.05) is 0 Å². The van der Waals surface area contributed by atoms with Crippen molar-refractivity contribution in [1.29, 1.82) is 0 Å². The number of carbonyl (C=O) groups excluding carboxylic acids is 1. The van der Waals surface area contributed by atoms with E-state index in [4.69, 9.17) is 3.07 Å². The van der Waals surface area contributed by atoms with Gasteiger partial charge in [-0.1, -0.05) is 31.2 Å². The van der Waals surface area contributed by atoms with E-state index in [0.29, 0.717) is 6.42 Å². The van der Waals surface area contributed by atoms with Crippen LogP contribution in [0.3, 0.4) is 0 Å². The second-order valence-corrected chi connectivity index (χ2v) is 12.8. The summed E-state index contributed by atoms with van der Waals surface area (Å²) in [6, 6.07) is 0. The van der Waals surface area contributed by atoms with E-state index in [2.05, 4.69) is 53.3 Å². The van der Waals surface area contributed by atoms with Gasteiger partial charge in [0.15, 0.2) is 0 Å². The van der Waals surface area contributed by atoms with Crippen LogP contribution in [0.5, 0.6) is 0 Å². The van der Waals surface area contributed by atoms with Crippen LogP contribution in [0.4, 0.5) is 0 Å². The first-order valence-corrected chi connectivity index (χ1v) is 17.2. The molecule has 0 aromatic rings. The van der Waals surface area contributed by atoms with Crippen molar-refractivity contribution >= 4 is 26.1 Å². The molecule has 0 rings (SSSR count). The Hall–Kier alpha value is -0.511. The normalized spacial score (nSPS) is 12.2. The van der Waals surface area contributed by atoms with E-state index >= 15 is 0 Å². The molecule has 0 fully saturated rings. The van der Waals surface area contributed by atoms with E-state index in [1.165, 1.54) is 25.7 Å². The molecule has 3 heteroatoms. The molecule has 0 amide bonds. The second-order valence-electron chi connectivity index (χ2n) is 6.14. The molecule has 0 saturated heterocycles. The van der Waals surface area contributed by atoms with Gasteiger partial charge in [-0.3, -0.25) is 0 Å². The molecule has 0 heterocycles. The second kappa shape index (κ2) is 17.8. The minimum atomic E-state index is -1.80. The van der Waals surface area contributed by atoms with Gasteiger partial charge in [0, 0.05) is 0 Å². The van der Waals surface area contributed by atoms with Gasteiger partial charge in [-0.05, 0) is 12.8 Å². The molecule has 0 radical (unpaired) electrons. The van der Waals surface area contributed by atoms with Crippen molar-refractivity contribution in [1.82, 2.24) is 0 Å². The molecule has 0 aliphatic carbocycles. The summed E-state index contributed by atoms with van der Waals surface area (Å²) >= 11 is -1.80. The van der Waals surface area contributed by atoms with Gasteiger partial charge in [0.25, 0.3) is 0 Å². The fourth-order valence-electron chi connectivity index (χ4n) is 2.21. The quantitative estimate of drug-likeness (QED) is 0.190. The predicted octanol–water partition coefficient (Wildman–Crippen LogP) is 6.10. The van der Waals surface area contributed by atoms with E-state index < -0.39 is 20.2 Å². The molecule has 0 atom stereocenters. The predicted molar refractivity (Wildman–Crippen MR) is 104 cm³/mol. The minimum absolute atomic E-state index is 0.0389. The van der Waals surface area contributed by atoms with Crippen LogP contribution in [0, 0.1) is 0 Å². The Kier molecular flexibility index (Phi) is 17.4. The third kappa shape index (κ3) is 19.4. The molecule has 0 aromatic heterocycles. The fraction of sp³-hybridized carbons (Fsp3) is 0.650. The molecule has 0 aliphatic heterocycles. The molecule has 0 N–H and O–H groups in total. The number of carbonyl (C=O) groups is 1. The Bertz CT molecular complexity index is 357. The molecule has 0 spiro atoms. The maximum atomic E-state index is 11.4. The number of allylic oxidation sites excluding steroid dienone is 6. The van der Waals surface area contributed by atoms with E-state index in [1.54, 1.807) is 0 Å². The van der Waals surface area contributed by atoms with Gasteiger partial charge in [-0.2, -0.15) is 0 Å². The van der Waals surface area contributed by atoms with E-state index in [9.17, 15) is 4.79 Å². The average Bonchev–Trinajstić information content (AvgIpc) is 2.50. The van der Waals surface area contributed by atoms with Gasteiger partial charge >= 0.3 is 107 Å². The molecule has 2 nitrogen and oxygen atoms in total. The van der Waals surface area contributed by atoms with E-state index in [0.717, 1.165) is 32.1 Å². The van der Waals surface area contributed by atoms with Gasteiger partial charge in [0.1, 0.15) is 0 Å². The van der Waals surface area contributed by atoms with Crippen LogP contribution < -0.4 is 0 Å². The van der Waals surface area contributed by atoms with Crippen molar-refractivity contribution in [2.45, 2.75) is 81.0 Å². The van der Waals surface area contributed by atoms with Crippen molar-refractivity contribution in [3.63, 3.8) is 0 Å². The van der Waals surface area contributed by atoms with Crippen molar-refractivity contribution in [3.05, 3.63) is 36.5 Å². The van der Waals surface area contributed by atoms with Crippen LogP contribution in [-0.2, 0) is 7.87 Å². The molecule has 0 bridgehead atoms. The first-order valence-electron chi connectivity index (χ1n) is 9.31. The Morgan fingerprint density at radius 2 is 1.39 bits per heavy atom. The van der Waals surface area contributed by atoms with Crippen molar-refractivity contribution in [2.24, 2.45) is 0 Å². The standard InChI is InChI=1S/C18H30O2.2CH3.Sn.H/c1-2-3-4-5-6-7-8-9-10-11-12-13-14-15-16-17-18(19)20;;;;/h3-4,6-7,9-10H,2,5,8,11-17H2,1H3,(H,19,20);2*1H3;;/q;;;+1;/p-1/b4-3-,7-6-,10-9-;;;;. The van der Waals surface area contributed by atoms with Crippen molar-refractivity contribution in [3.8, 4) is 0 Å². The summed E-state index contributed by atoms with van der Waals surface area (Å²) in [6.07, 6.45) is 24.3. The fourth-order valence-corrected chi connectivity index (χ4v) is 4.05. The van der Waals surface area contributed by atoms with Gasteiger partial charge in [0.05, 0.1) is 0 Å². The molecule has 23 heavy (non-hydrogen) atoms. The molecule has 0 unspecified atom stereocenters. The number of hydrogen-bond donors (Lipinski definition) is 0.